The van der Waals surface area contributed by atoms with Crippen molar-refractivity contribution < 1.29 is 9.53 Å². The van der Waals surface area contributed by atoms with E-state index in [-0.39, 0.29) is 6.09 Å². The van der Waals surface area contributed by atoms with Crippen LogP contribution in [0.3, 0.4) is 0 Å². The molecule has 2 rings (SSSR count). The van der Waals surface area contributed by atoms with E-state index in [0.29, 0.717) is 13.1 Å². The second kappa shape index (κ2) is 7.82. The molecule has 1 aliphatic rings. The Hall–Kier alpha value is -1.55. The van der Waals surface area contributed by atoms with Crippen LogP contribution in [-0.4, -0.2) is 36.2 Å². The first-order valence-corrected chi connectivity index (χ1v) is 8.66. The summed E-state index contributed by atoms with van der Waals surface area (Å²) in [5.41, 5.74) is 2.34. The summed E-state index contributed by atoms with van der Waals surface area (Å²) in [6, 6.07) is 8.83. The van der Waals surface area contributed by atoms with Crippen LogP contribution < -0.4 is 5.32 Å². The van der Waals surface area contributed by atoms with Crippen LogP contribution in [-0.2, 0) is 11.3 Å². The molecule has 0 unspecified atom stereocenters. The molecule has 0 saturated heterocycles. The number of hydrogen-bond donors (Lipinski definition) is 1. The van der Waals surface area contributed by atoms with E-state index in [1.54, 1.807) is 4.90 Å². The second-order valence-corrected chi connectivity index (χ2v) is 7.26. The van der Waals surface area contributed by atoms with Gasteiger partial charge in [0, 0.05) is 26.2 Å². The number of hydrogen-bond acceptors (Lipinski definition) is 3. The van der Waals surface area contributed by atoms with Crippen molar-refractivity contribution >= 4 is 6.09 Å². The Labute approximate surface area is 140 Å². The number of nitrogens with one attached hydrogen (secondary N) is 1. The summed E-state index contributed by atoms with van der Waals surface area (Å²) in [7, 11) is 0. The predicted octanol–water partition coefficient (Wildman–Crippen LogP) is 3.91. The van der Waals surface area contributed by atoms with E-state index in [4.69, 9.17) is 4.74 Å². The van der Waals surface area contributed by atoms with Crippen molar-refractivity contribution in [1.29, 1.82) is 0 Å². The number of likely N-dealkylation sites (N-methyl/N-ethyl adjacent to an activating group) is 1. The van der Waals surface area contributed by atoms with Gasteiger partial charge in [-0.15, -0.1) is 0 Å². The van der Waals surface area contributed by atoms with Gasteiger partial charge in [-0.3, -0.25) is 0 Å². The van der Waals surface area contributed by atoms with Gasteiger partial charge in [0.25, 0.3) is 0 Å². The van der Waals surface area contributed by atoms with Gasteiger partial charge < -0.3 is 15.0 Å². The van der Waals surface area contributed by atoms with Gasteiger partial charge in [-0.25, -0.2) is 4.79 Å². The lowest BCUT2D eigenvalue weighted by atomic mass is 10.1. The molecule has 1 saturated carbocycles. The Morgan fingerprint density at radius 2 is 2.09 bits per heavy atom. The molecule has 0 atom stereocenters. The second-order valence-electron chi connectivity index (χ2n) is 7.26. The highest BCUT2D eigenvalue weighted by molar-refractivity contribution is 5.68. The first-order chi connectivity index (χ1) is 10.9. The summed E-state index contributed by atoms with van der Waals surface area (Å²) in [6.07, 6.45) is 2.42. The molecule has 1 N–H and O–H groups in total. The molecular formula is C19H30N2O2. The Morgan fingerprint density at radius 1 is 1.35 bits per heavy atom. The maximum atomic E-state index is 12.1. The Balaban J connectivity index is 1.73. The van der Waals surface area contributed by atoms with E-state index in [0.717, 1.165) is 19.0 Å². The van der Waals surface area contributed by atoms with Crippen LogP contribution in [0.5, 0.6) is 0 Å². The van der Waals surface area contributed by atoms with Gasteiger partial charge in [-0.2, -0.15) is 0 Å². The molecular weight excluding hydrogens is 288 g/mol. The van der Waals surface area contributed by atoms with Crippen molar-refractivity contribution in [3.63, 3.8) is 0 Å². The molecule has 1 amide bonds. The standard InChI is InChI=1S/C19H30N2O2/c1-5-21(18(22)23-19(2,3)4)12-11-20-14-15-7-6-8-17(13-15)16-9-10-16/h6-8,13,16,20H,5,9-12,14H2,1-4H3. The summed E-state index contributed by atoms with van der Waals surface area (Å²) < 4.78 is 5.41. The number of nitrogens with zero attached hydrogens (tertiary/aromatic N) is 1. The summed E-state index contributed by atoms with van der Waals surface area (Å²) >= 11 is 0. The van der Waals surface area contributed by atoms with E-state index in [9.17, 15) is 4.79 Å². The molecule has 23 heavy (non-hydrogen) atoms. The fourth-order valence-electron chi connectivity index (χ4n) is 2.53. The van der Waals surface area contributed by atoms with Gasteiger partial charge >= 0.3 is 6.09 Å². The smallest absolute Gasteiger partial charge is 0.410 e. The number of ether oxygens (including phenoxy) is 1. The average molecular weight is 318 g/mol. The third kappa shape index (κ3) is 6.22. The lowest BCUT2D eigenvalue weighted by molar-refractivity contribution is 0.0262. The van der Waals surface area contributed by atoms with Crippen LogP contribution in [0.2, 0.25) is 0 Å². The van der Waals surface area contributed by atoms with Gasteiger partial charge in [0.05, 0.1) is 0 Å². The van der Waals surface area contributed by atoms with Crippen LogP contribution in [0, 0.1) is 0 Å². The largest absolute Gasteiger partial charge is 0.444 e. The minimum Gasteiger partial charge on any atom is -0.444 e. The SMILES string of the molecule is CCN(CCNCc1cccc(C2CC2)c1)C(=O)OC(C)(C)C. The van der Waals surface area contributed by atoms with Crippen molar-refractivity contribution in [2.24, 2.45) is 0 Å². The summed E-state index contributed by atoms with van der Waals surface area (Å²) in [5.74, 6) is 0.790. The van der Waals surface area contributed by atoms with Gasteiger partial charge in [-0.05, 0) is 57.6 Å². The van der Waals surface area contributed by atoms with Gasteiger partial charge in [-0.1, -0.05) is 24.3 Å². The van der Waals surface area contributed by atoms with Crippen molar-refractivity contribution in [2.45, 2.75) is 58.6 Å². The van der Waals surface area contributed by atoms with E-state index >= 15 is 0 Å². The fourth-order valence-corrected chi connectivity index (χ4v) is 2.53. The molecule has 0 aliphatic heterocycles. The molecule has 1 aromatic rings. The van der Waals surface area contributed by atoms with Crippen LogP contribution in [0.25, 0.3) is 0 Å². The quantitative estimate of drug-likeness (QED) is 0.775. The Morgan fingerprint density at radius 3 is 2.70 bits per heavy atom. The summed E-state index contributed by atoms with van der Waals surface area (Å²) in [6.45, 7) is 10.6. The number of rotatable bonds is 7. The molecule has 0 heterocycles. The zero-order chi connectivity index (χ0) is 16.9. The molecule has 1 aromatic carbocycles. The Kier molecular flexibility index (Phi) is 6.05. The molecule has 0 spiro atoms. The molecule has 1 aliphatic carbocycles. The lowest BCUT2D eigenvalue weighted by Crippen LogP contribution is -2.40. The number of benzene rings is 1. The highest BCUT2D eigenvalue weighted by Gasteiger charge is 2.23. The van der Waals surface area contributed by atoms with E-state index in [1.807, 2.05) is 27.7 Å². The van der Waals surface area contributed by atoms with E-state index < -0.39 is 5.60 Å². The van der Waals surface area contributed by atoms with E-state index in [1.165, 1.54) is 24.0 Å². The van der Waals surface area contributed by atoms with Crippen LogP contribution in [0.15, 0.2) is 24.3 Å². The number of carbonyl (C=O) groups is 1. The topological polar surface area (TPSA) is 41.6 Å². The zero-order valence-electron chi connectivity index (χ0n) is 14.9. The molecule has 4 nitrogen and oxygen atoms in total. The third-order valence-corrected chi connectivity index (χ3v) is 3.92. The van der Waals surface area contributed by atoms with Crippen LogP contribution in [0.1, 0.15) is 57.6 Å². The van der Waals surface area contributed by atoms with Crippen molar-refractivity contribution in [2.75, 3.05) is 19.6 Å². The van der Waals surface area contributed by atoms with Crippen LogP contribution >= 0.6 is 0 Å². The number of carbonyl (C=O) groups excluding carboxylic acids is 1. The molecule has 0 bridgehead atoms. The van der Waals surface area contributed by atoms with Gasteiger partial charge in [0.2, 0.25) is 0 Å². The molecule has 1 fully saturated rings. The van der Waals surface area contributed by atoms with Crippen LogP contribution in [0.4, 0.5) is 4.79 Å². The average Bonchev–Trinajstić information content (AvgIpc) is 3.30. The van der Waals surface area contributed by atoms with Crippen molar-refractivity contribution in [3.05, 3.63) is 35.4 Å². The minimum atomic E-state index is -0.443. The first-order valence-electron chi connectivity index (χ1n) is 8.66. The van der Waals surface area contributed by atoms with Gasteiger partial charge in [0.1, 0.15) is 5.60 Å². The van der Waals surface area contributed by atoms with Gasteiger partial charge in [0.15, 0.2) is 0 Å². The normalized spacial score (nSPS) is 14.6. The monoisotopic (exact) mass is 318 g/mol. The predicted molar refractivity (Wildman–Crippen MR) is 93.6 cm³/mol. The first kappa shape index (κ1) is 17.8. The van der Waals surface area contributed by atoms with Crippen molar-refractivity contribution in [3.8, 4) is 0 Å². The molecule has 0 aromatic heterocycles. The van der Waals surface area contributed by atoms with E-state index in [2.05, 4.69) is 29.6 Å². The molecule has 4 heteroatoms. The zero-order valence-corrected chi connectivity index (χ0v) is 14.9. The fraction of sp³-hybridized carbons (Fsp3) is 0.632. The third-order valence-electron chi connectivity index (χ3n) is 3.92. The summed E-state index contributed by atoms with van der Waals surface area (Å²) in [4.78, 5) is 13.8. The lowest BCUT2D eigenvalue weighted by Gasteiger charge is -2.26. The summed E-state index contributed by atoms with van der Waals surface area (Å²) in [5, 5.41) is 3.42. The highest BCUT2D eigenvalue weighted by Crippen LogP contribution is 2.40. The molecule has 0 radical (unpaired) electrons. The maximum absolute atomic E-state index is 12.1. The molecule has 128 valence electrons. The number of amides is 1. The Bertz CT molecular complexity index is 518. The highest BCUT2D eigenvalue weighted by atomic mass is 16.6. The minimum absolute atomic E-state index is 0.238. The maximum Gasteiger partial charge on any atom is 0.410 e. The van der Waals surface area contributed by atoms with Crippen molar-refractivity contribution in [1.82, 2.24) is 10.2 Å².